The molecule has 154 valence electrons. The second kappa shape index (κ2) is 7.04. The molecule has 2 aromatic heterocycles. The zero-order valence-electron chi connectivity index (χ0n) is 15.8. The molecular weight excluding hydrogens is 422 g/mol. The Balaban J connectivity index is 1.64. The summed E-state index contributed by atoms with van der Waals surface area (Å²) in [5.74, 6) is 0.918. The standard InChI is InChI=1S/C20H14ClN7O3/c21-27-12-24-17-7-5-13(28(29)30)9-16(17)20(27,22)15-3-1-2-4-18(15)31-14-6-8-19-23-11-25-26(19)10-14/h1-12H,22H2. The Morgan fingerprint density at radius 2 is 1.97 bits per heavy atom. The van der Waals surface area contributed by atoms with Crippen LogP contribution in [0.2, 0.25) is 0 Å². The maximum atomic E-state index is 11.4. The second-order valence-corrected chi connectivity index (χ2v) is 7.17. The van der Waals surface area contributed by atoms with Crippen molar-refractivity contribution >= 4 is 35.1 Å². The van der Waals surface area contributed by atoms with E-state index in [1.165, 1.54) is 35.3 Å². The van der Waals surface area contributed by atoms with E-state index in [0.29, 0.717) is 34.0 Å². The van der Waals surface area contributed by atoms with E-state index in [0.717, 1.165) is 0 Å². The van der Waals surface area contributed by atoms with Gasteiger partial charge in [0.2, 0.25) is 0 Å². The zero-order chi connectivity index (χ0) is 21.6. The molecule has 10 nitrogen and oxygen atoms in total. The van der Waals surface area contributed by atoms with Crippen molar-refractivity contribution in [1.29, 1.82) is 0 Å². The molecule has 11 heteroatoms. The number of nitro groups is 1. The molecule has 2 N–H and O–H groups in total. The van der Waals surface area contributed by atoms with Gasteiger partial charge in [0, 0.05) is 35.0 Å². The molecule has 4 aromatic rings. The number of hydrogen-bond donors (Lipinski definition) is 1. The Hall–Kier alpha value is -4.02. The lowest BCUT2D eigenvalue weighted by atomic mass is 9.88. The third kappa shape index (κ3) is 3.05. The minimum absolute atomic E-state index is 0.120. The maximum absolute atomic E-state index is 11.4. The number of non-ortho nitro benzene ring substituents is 1. The molecule has 0 radical (unpaired) electrons. The number of hydrogen-bond acceptors (Lipinski definition) is 8. The minimum Gasteiger partial charge on any atom is -0.455 e. The molecule has 0 fully saturated rings. The lowest BCUT2D eigenvalue weighted by molar-refractivity contribution is -0.385. The van der Waals surface area contributed by atoms with Crippen molar-refractivity contribution in [3.63, 3.8) is 0 Å². The number of aliphatic imine (C=N–C) groups is 1. The van der Waals surface area contributed by atoms with Gasteiger partial charge in [0.25, 0.3) is 5.69 Å². The molecule has 5 rings (SSSR count). The van der Waals surface area contributed by atoms with Gasteiger partial charge < -0.3 is 4.74 Å². The van der Waals surface area contributed by atoms with Gasteiger partial charge in [-0.15, -0.1) is 0 Å². The molecule has 1 aliphatic rings. The van der Waals surface area contributed by atoms with Crippen molar-refractivity contribution in [3.05, 3.63) is 88.4 Å². The molecule has 31 heavy (non-hydrogen) atoms. The quantitative estimate of drug-likeness (QED) is 0.294. The van der Waals surface area contributed by atoms with Gasteiger partial charge in [-0.1, -0.05) is 18.2 Å². The summed E-state index contributed by atoms with van der Waals surface area (Å²) in [6.07, 6.45) is 4.49. The predicted molar refractivity (Wildman–Crippen MR) is 113 cm³/mol. The molecule has 1 atom stereocenters. The van der Waals surface area contributed by atoms with Crippen LogP contribution in [0.1, 0.15) is 11.1 Å². The van der Waals surface area contributed by atoms with Crippen LogP contribution in [-0.2, 0) is 5.66 Å². The van der Waals surface area contributed by atoms with Crippen molar-refractivity contribution in [1.82, 2.24) is 19.0 Å². The Kier molecular flexibility index (Phi) is 4.31. The van der Waals surface area contributed by atoms with Crippen LogP contribution in [0.25, 0.3) is 5.65 Å². The summed E-state index contributed by atoms with van der Waals surface area (Å²) in [5.41, 5.74) is 7.24. The number of halogens is 1. The highest BCUT2D eigenvalue weighted by Gasteiger charge is 2.42. The second-order valence-electron chi connectivity index (χ2n) is 6.81. The normalized spacial score (nSPS) is 17.5. The average molecular weight is 436 g/mol. The number of nitrogens with zero attached hydrogens (tertiary/aromatic N) is 6. The summed E-state index contributed by atoms with van der Waals surface area (Å²) in [4.78, 5) is 19.2. The molecule has 2 aromatic carbocycles. The smallest absolute Gasteiger partial charge is 0.270 e. The highest BCUT2D eigenvalue weighted by Crippen LogP contribution is 2.45. The molecule has 0 saturated carbocycles. The van der Waals surface area contributed by atoms with E-state index in [9.17, 15) is 10.1 Å². The number of nitrogens with two attached hydrogens (primary N) is 1. The van der Waals surface area contributed by atoms with E-state index in [2.05, 4.69) is 15.1 Å². The van der Waals surface area contributed by atoms with Gasteiger partial charge in [-0.3, -0.25) is 15.8 Å². The largest absolute Gasteiger partial charge is 0.455 e. The number of ether oxygens (including phenoxy) is 1. The van der Waals surface area contributed by atoms with E-state index in [4.69, 9.17) is 22.2 Å². The van der Waals surface area contributed by atoms with Crippen LogP contribution in [0, 0.1) is 10.1 Å². The van der Waals surface area contributed by atoms with Crippen molar-refractivity contribution in [2.45, 2.75) is 5.66 Å². The summed E-state index contributed by atoms with van der Waals surface area (Å²) < 4.78 is 8.88. The first-order valence-electron chi connectivity index (χ1n) is 9.10. The van der Waals surface area contributed by atoms with Crippen LogP contribution in [-0.4, -0.2) is 30.3 Å². The lowest BCUT2D eigenvalue weighted by Crippen LogP contribution is -2.50. The van der Waals surface area contributed by atoms with Crippen LogP contribution < -0.4 is 10.5 Å². The SMILES string of the molecule is NC1(c2ccccc2Oc2ccc3ncnn3c2)c2cc([N+](=O)[O-])ccc2N=CN1Cl. The molecule has 0 bridgehead atoms. The fourth-order valence-electron chi connectivity index (χ4n) is 3.49. The summed E-state index contributed by atoms with van der Waals surface area (Å²) in [7, 11) is 0. The summed E-state index contributed by atoms with van der Waals surface area (Å²) >= 11 is 6.47. The number of fused-ring (bicyclic) bond motifs is 2. The van der Waals surface area contributed by atoms with E-state index < -0.39 is 10.6 Å². The molecule has 0 aliphatic carbocycles. The zero-order valence-corrected chi connectivity index (χ0v) is 16.5. The van der Waals surface area contributed by atoms with Crippen molar-refractivity contribution in [3.8, 4) is 11.5 Å². The first-order valence-corrected chi connectivity index (χ1v) is 9.44. The van der Waals surface area contributed by atoms with E-state index in [1.54, 1.807) is 47.1 Å². The number of pyridine rings is 1. The van der Waals surface area contributed by atoms with Gasteiger partial charge >= 0.3 is 0 Å². The Morgan fingerprint density at radius 1 is 1.13 bits per heavy atom. The number of rotatable bonds is 4. The van der Waals surface area contributed by atoms with Crippen molar-refractivity contribution in [2.24, 2.45) is 10.7 Å². The first-order chi connectivity index (χ1) is 15.0. The van der Waals surface area contributed by atoms with Crippen LogP contribution >= 0.6 is 11.8 Å². The van der Waals surface area contributed by atoms with E-state index >= 15 is 0 Å². The van der Waals surface area contributed by atoms with Gasteiger partial charge in [-0.25, -0.2) is 18.9 Å². The maximum Gasteiger partial charge on any atom is 0.270 e. The third-order valence-electron chi connectivity index (χ3n) is 5.01. The molecular formula is C20H14ClN7O3. The molecule has 0 saturated heterocycles. The number of benzene rings is 2. The van der Waals surface area contributed by atoms with Gasteiger partial charge in [0.1, 0.15) is 24.2 Å². The van der Waals surface area contributed by atoms with Gasteiger partial charge in [0.15, 0.2) is 11.3 Å². The Labute approximate surface area is 180 Å². The molecule has 1 aliphatic heterocycles. The fraction of sp³-hybridized carbons (Fsp3) is 0.0500. The summed E-state index contributed by atoms with van der Waals surface area (Å²) in [5, 5.41) is 15.5. The van der Waals surface area contributed by atoms with Crippen molar-refractivity contribution in [2.75, 3.05) is 0 Å². The highest BCUT2D eigenvalue weighted by molar-refractivity contribution is 6.20. The van der Waals surface area contributed by atoms with E-state index in [-0.39, 0.29) is 5.69 Å². The number of para-hydroxylation sites is 1. The first kappa shape index (κ1) is 19.0. The molecule has 0 spiro atoms. The van der Waals surface area contributed by atoms with Gasteiger partial charge in [0.05, 0.1) is 16.8 Å². The lowest BCUT2D eigenvalue weighted by Gasteiger charge is -2.39. The topological polar surface area (TPSA) is 124 Å². The number of nitro benzene ring substituents is 1. The summed E-state index contributed by atoms with van der Waals surface area (Å²) in [6.45, 7) is 0. The van der Waals surface area contributed by atoms with Crippen LogP contribution in [0.15, 0.2) is 72.1 Å². The van der Waals surface area contributed by atoms with Gasteiger partial charge in [-0.2, -0.15) is 5.10 Å². The molecule has 0 amide bonds. The van der Waals surface area contributed by atoms with Crippen molar-refractivity contribution < 1.29 is 9.66 Å². The van der Waals surface area contributed by atoms with Crippen LogP contribution in [0.3, 0.4) is 0 Å². The van der Waals surface area contributed by atoms with E-state index in [1.807, 2.05) is 0 Å². The summed E-state index contributed by atoms with van der Waals surface area (Å²) in [6, 6.07) is 14.9. The molecule has 3 heterocycles. The average Bonchev–Trinajstić information content (AvgIpc) is 3.24. The fourth-order valence-corrected chi connectivity index (χ4v) is 3.72. The minimum atomic E-state index is -1.47. The Morgan fingerprint density at radius 3 is 2.81 bits per heavy atom. The predicted octanol–water partition coefficient (Wildman–Crippen LogP) is 3.72. The van der Waals surface area contributed by atoms with Gasteiger partial charge in [-0.05, 0) is 24.3 Å². The Bertz CT molecular complexity index is 1360. The molecule has 1 unspecified atom stereocenters. The number of aromatic nitrogens is 3. The van der Waals surface area contributed by atoms with Crippen LogP contribution in [0.4, 0.5) is 11.4 Å². The van der Waals surface area contributed by atoms with Crippen LogP contribution in [0.5, 0.6) is 11.5 Å². The highest BCUT2D eigenvalue weighted by atomic mass is 35.5. The monoisotopic (exact) mass is 435 g/mol. The third-order valence-corrected chi connectivity index (χ3v) is 5.36.